The van der Waals surface area contributed by atoms with Crippen LogP contribution in [0.2, 0.25) is 0 Å². The fourth-order valence-corrected chi connectivity index (χ4v) is 3.78. The van der Waals surface area contributed by atoms with E-state index in [9.17, 15) is 9.90 Å². The Labute approximate surface area is 186 Å². The molecular weight excluding hydrogens is 402 g/mol. The number of fused-ring (bicyclic) bond motifs is 1. The maximum atomic E-state index is 11.2. The Morgan fingerprint density at radius 1 is 0.938 bits per heavy atom. The lowest BCUT2D eigenvalue weighted by atomic mass is 9.99. The van der Waals surface area contributed by atoms with Crippen molar-refractivity contribution in [3.05, 3.63) is 107 Å². The van der Waals surface area contributed by atoms with Gasteiger partial charge in [0.25, 0.3) is 0 Å². The van der Waals surface area contributed by atoms with E-state index < -0.39 is 12.2 Å². The van der Waals surface area contributed by atoms with Crippen molar-refractivity contribution >= 4 is 16.7 Å². The number of carboxylic acid groups (broad SMARTS) is 1. The number of carboxylic acids is 1. The summed E-state index contributed by atoms with van der Waals surface area (Å²) in [5, 5.41) is 24.6. The number of nitrogens with zero attached hydrogens (tertiary/aromatic N) is 2. The van der Waals surface area contributed by atoms with Gasteiger partial charge in [0, 0.05) is 36.9 Å². The highest BCUT2D eigenvalue weighted by atomic mass is 16.4. The fourth-order valence-electron chi connectivity index (χ4n) is 3.78. The third-order valence-electron chi connectivity index (χ3n) is 5.44. The van der Waals surface area contributed by atoms with Crippen molar-refractivity contribution in [2.45, 2.75) is 25.5 Å². The molecule has 0 saturated heterocycles. The molecule has 2 aromatic carbocycles. The number of carbonyl (C=O) groups is 1. The highest BCUT2D eigenvalue weighted by molar-refractivity contribution is 5.90. The second-order valence-electron chi connectivity index (χ2n) is 7.73. The molecule has 162 valence electrons. The third kappa shape index (κ3) is 5.35. The molecule has 0 aliphatic rings. The molecular formula is C26H25N3O3. The van der Waals surface area contributed by atoms with Gasteiger partial charge in [0.2, 0.25) is 0 Å². The van der Waals surface area contributed by atoms with Gasteiger partial charge in [-0.3, -0.25) is 20.1 Å². The molecule has 3 N–H and O–H groups in total. The van der Waals surface area contributed by atoms with Gasteiger partial charge in [0.05, 0.1) is 12.1 Å². The molecule has 4 aromatic rings. The van der Waals surface area contributed by atoms with E-state index in [4.69, 9.17) is 5.11 Å². The number of nitrogens with one attached hydrogen (secondary N) is 1. The zero-order chi connectivity index (χ0) is 22.3. The Bertz CT molecular complexity index is 1190. The molecule has 0 spiro atoms. The van der Waals surface area contributed by atoms with Gasteiger partial charge in [-0.2, -0.15) is 0 Å². The van der Waals surface area contributed by atoms with E-state index in [1.807, 2.05) is 66.9 Å². The first-order valence-corrected chi connectivity index (χ1v) is 10.6. The van der Waals surface area contributed by atoms with E-state index in [2.05, 4.69) is 15.3 Å². The normalized spacial score (nSPS) is 12.0. The molecule has 0 fully saturated rings. The quantitative estimate of drug-likeness (QED) is 0.353. The highest BCUT2D eigenvalue weighted by Crippen LogP contribution is 2.24. The lowest BCUT2D eigenvalue weighted by Crippen LogP contribution is -2.23. The lowest BCUT2D eigenvalue weighted by Gasteiger charge is -2.14. The number of rotatable bonds is 9. The first-order chi connectivity index (χ1) is 15.6. The molecule has 0 amide bonds. The van der Waals surface area contributed by atoms with Crippen LogP contribution >= 0.6 is 0 Å². The number of aliphatic hydroxyl groups excluding tert-OH is 1. The summed E-state index contributed by atoms with van der Waals surface area (Å²) in [6.45, 7) is 0.646. The van der Waals surface area contributed by atoms with E-state index in [0.717, 1.165) is 39.6 Å². The smallest absolute Gasteiger partial charge is 0.307 e. The van der Waals surface area contributed by atoms with E-state index in [-0.39, 0.29) is 6.42 Å². The summed E-state index contributed by atoms with van der Waals surface area (Å²) in [5.74, 6) is -0.868. The van der Waals surface area contributed by atoms with Crippen LogP contribution in [0.5, 0.6) is 0 Å². The summed E-state index contributed by atoms with van der Waals surface area (Å²) in [6, 6.07) is 19.5. The zero-order valence-electron chi connectivity index (χ0n) is 17.6. The Balaban J connectivity index is 1.42. The van der Waals surface area contributed by atoms with Crippen molar-refractivity contribution < 1.29 is 15.0 Å². The monoisotopic (exact) mass is 427 g/mol. The van der Waals surface area contributed by atoms with Crippen LogP contribution in [0.15, 0.2) is 79.3 Å². The maximum Gasteiger partial charge on any atom is 0.307 e. The molecule has 0 saturated carbocycles. The van der Waals surface area contributed by atoms with Gasteiger partial charge in [-0.05, 0) is 40.1 Å². The van der Waals surface area contributed by atoms with Crippen molar-refractivity contribution in [3.63, 3.8) is 0 Å². The summed E-state index contributed by atoms with van der Waals surface area (Å²) in [5.41, 5.74) is 4.61. The van der Waals surface area contributed by atoms with Crippen LogP contribution in [0.4, 0.5) is 0 Å². The van der Waals surface area contributed by atoms with Gasteiger partial charge in [-0.1, -0.05) is 54.6 Å². The van der Waals surface area contributed by atoms with Crippen molar-refractivity contribution in [1.82, 2.24) is 15.3 Å². The van der Waals surface area contributed by atoms with Gasteiger partial charge < -0.3 is 10.2 Å². The van der Waals surface area contributed by atoms with Gasteiger partial charge >= 0.3 is 5.97 Å². The summed E-state index contributed by atoms with van der Waals surface area (Å²) in [4.78, 5) is 19.8. The molecule has 0 bridgehead atoms. The summed E-state index contributed by atoms with van der Waals surface area (Å²) in [6.07, 6.45) is 5.86. The average molecular weight is 428 g/mol. The predicted molar refractivity (Wildman–Crippen MR) is 123 cm³/mol. The molecule has 4 rings (SSSR count). The van der Waals surface area contributed by atoms with Crippen molar-refractivity contribution in [1.29, 1.82) is 0 Å². The number of benzene rings is 2. The van der Waals surface area contributed by atoms with Crippen molar-refractivity contribution in [2.24, 2.45) is 0 Å². The Morgan fingerprint density at radius 2 is 1.72 bits per heavy atom. The number of aliphatic carboxylic acids is 1. The van der Waals surface area contributed by atoms with Crippen LogP contribution in [0, 0.1) is 0 Å². The fraction of sp³-hybridized carbons (Fsp3) is 0.192. The van der Waals surface area contributed by atoms with Crippen LogP contribution in [-0.4, -0.2) is 32.7 Å². The van der Waals surface area contributed by atoms with Gasteiger partial charge in [0.1, 0.15) is 6.23 Å². The Morgan fingerprint density at radius 3 is 2.44 bits per heavy atom. The minimum absolute atomic E-state index is 0.0475. The van der Waals surface area contributed by atoms with Crippen LogP contribution in [-0.2, 0) is 24.1 Å². The number of hydrogen-bond donors (Lipinski definition) is 3. The molecule has 32 heavy (non-hydrogen) atoms. The van der Waals surface area contributed by atoms with E-state index in [0.29, 0.717) is 18.5 Å². The lowest BCUT2D eigenvalue weighted by molar-refractivity contribution is -0.136. The maximum absolute atomic E-state index is 11.2. The molecule has 6 heteroatoms. The second kappa shape index (κ2) is 10.1. The van der Waals surface area contributed by atoms with Gasteiger partial charge in [-0.25, -0.2) is 0 Å². The molecule has 0 aliphatic heterocycles. The number of aromatic nitrogens is 2. The Kier molecular flexibility index (Phi) is 6.84. The second-order valence-corrected chi connectivity index (χ2v) is 7.73. The Hall–Kier alpha value is -3.61. The van der Waals surface area contributed by atoms with E-state index in [1.165, 1.54) is 0 Å². The molecule has 1 unspecified atom stereocenters. The minimum Gasteiger partial charge on any atom is -0.481 e. The molecule has 2 aromatic heterocycles. The standard InChI is InChI=1S/C26H25N3O3/c30-25(31)15-21-17-29-24(23-6-2-1-5-22(21)23)14-18-7-9-20(10-8-18)26(32)28-13-11-19-4-3-12-27-16-19/h1-10,12,16-17,26,28,32H,11,13-15H2,(H,30,31). The van der Waals surface area contributed by atoms with Crippen molar-refractivity contribution in [3.8, 4) is 0 Å². The number of pyridine rings is 2. The topological polar surface area (TPSA) is 95.3 Å². The van der Waals surface area contributed by atoms with Gasteiger partial charge in [-0.15, -0.1) is 0 Å². The van der Waals surface area contributed by atoms with E-state index >= 15 is 0 Å². The van der Waals surface area contributed by atoms with Crippen LogP contribution < -0.4 is 5.32 Å². The first-order valence-electron chi connectivity index (χ1n) is 10.6. The molecule has 0 radical (unpaired) electrons. The summed E-state index contributed by atoms with van der Waals surface area (Å²) in [7, 11) is 0. The minimum atomic E-state index is -0.868. The zero-order valence-corrected chi connectivity index (χ0v) is 17.6. The highest BCUT2D eigenvalue weighted by Gasteiger charge is 2.11. The molecule has 6 nitrogen and oxygen atoms in total. The van der Waals surface area contributed by atoms with Crippen LogP contribution in [0.3, 0.4) is 0 Å². The van der Waals surface area contributed by atoms with Crippen LogP contribution in [0.25, 0.3) is 10.8 Å². The number of hydrogen-bond acceptors (Lipinski definition) is 5. The number of aliphatic hydroxyl groups is 1. The first kappa shape index (κ1) is 21.6. The molecule has 1 atom stereocenters. The summed E-state index contributed by atoms with van der Waals surface area (Å²) < 4.78 is 0. The SMILES string of the molecule is O=C(O)Cc1cnc(Cc2ccc(C(O)NCCc3cccnc3)cc2)c2ccccc12. The predicted octanol–water partition coefficient (Wildman–Crippen LogP) is 3.67. The third-order valence-corrected chi connectivity index (χ3v) is 5.44. The molecule has 2 heterocycles. The average Bonchev–Trinajstić information content (AvgIpc) is 2.81. The summed E-state index contributed by atoms with van der Waals surface area (Å²) >= 11 is 0. The largest absolute Gasteiger partial charge is 0.481 e. The molecule has 0 aliphatic carbocycles. The van der Waals surface area contributed by atoms with Crippen LogP contribution in [0.1, 0.15) is 34.2 Å². The van der Waals surface area contributed by atoms with E-state index in [1.54, 1.807) is 12.4 Å². The van der Waals surface area contributed by atoms with Gasteiger partial charge in [0.15, 0.2) is 0 Å². The van der Waals surface area contributed by atoms with Crippen molar-refractivity contribution in [2.75, 3.05) is 6.54 Å².